The molecule has 0 amide bonds. The SMILES string of the molecule is CC(CNc1ccccc1)c1ccc(Cl)cc1. The van der Waals surface area contributed by atoms with E-state index in [0.717, 1.165) is 17.3 Å². The molecule has 1 N–H and O–H groups in total. The summed E-state index contributed by atoms with van der Waals surface area (Å²) in [5.74, 6) is 0.465. The maximum absolute atomic E-state index is 5.87. The molecule has 0 saturated heterocycles. The first-order valence-electron chi connectivity index (χ1n) is 5.80. The largest absolute Gasteiger partial charge is 0.384 e. The molecule has 0 spiro atoms. The predicted octanol–water partition coefficient (Wildman–Crippen LogP) is 4.56. The molecular weight excluding hydrogens is 230 g/mol. The molecule has 0 heterocycles. The average molecular weight is 246 g/mol. The molecule has 1 nitrogen and oxygen atoms in total. The van der Waals surface area contributed by atoms with E-state index >= 15 is 0 Å². The van der Waals surface area contributed by atoms with Crippen molar-refractivity contribution in [3.8, 4) is 0 Å². The van der Waals surface area contributed by atoms with Gasteiger partial charge in [-0.05, 0) is 35.7 Å². The highest BCUT2D eigenvalue weighted by molar-refractivity contribution is 6.30. The number of para-hydroxylation sites is 1. The van der Waals surface area contributed by atoms with E-state index in [2.05, 4.69) is 36.5 Å². The number of halogens is 1. The van der Waals surface area contributed by atoms with Crippen LogP contribution in [0.4, 0.5) is 5.69 Å². The molecule has 2 rings (SSSR count). The first kappa shape index (κ1) is 12.0. The van der Waals surface area contributed by atoms with Crippen LogP contribution in [0.15, 0.2) is 54.6 Å². The van der Waals surface area contributed by atoms with Gasteiger partial charge in [0.2, 0.25) is 0 Å². The summed E-state index contributed by atoms with van der Waals surface area (Å²) < 4.78 is 0. The first-order valence-corrected chi connectivity index (χ1v) is 6.18. The fourth-order valence-corrected chi connectivity index (χ4v) is 1.86. The Morgan fingerprint density at radius 3 is 2.29 bits per heavy atom. The fraction of sp³-hybridized carbons (Fsp3) is 0.200. The minimum absolute atomic E-state index is 0.465. The lowest BCUT2D eigenvalue weighted by Crippen LogP contribution is -2.09. The summed E-state index contributed by atoms with van der Waals surface area (Å²) >= 11 is 5.87. The van der Waals surface area contributed by atoms with Crippen LogP contribution in [0.5, 0.6) is 0 Å². The van der Waals surface area contributed by atoms with Crippen LogP contribution >= 0.6 is 11.6 Å². The Kier molecular flexibility index (Phi) is 4.05. The molecule has 2 aromatic carbocycles. The number of benzene rings is 2. The van der Waals surface area contributed by atoms with Gasteiger partial charge in [0.05, 0.1) is 0 Å². The zero-order valence-electron chi connectivity index (χ0n) is 9.86. The Morgan fingerprint density at radius 2 is 1.65 bits per heavy atom. The Morgan fingerprint density at radius 1 is 1.00 bits per heavy atom. The number of hydrogen-bond donors (Lipinski definition) is 1. The lowest BCUT2D eigenvalue weighted by molar-refractivity contribution is 0.805. The molecule has 0 saturated carbocycles. The maximum Gasteiger partial charge on any atom is 0.0406 e. The minimum atomic E-state index is 0.465. The minimum Gasteiger partial charge on any atom is -0.384 e. The topological polar surface area (TPSA) is 12.0 Å². The van der Waals surface area contributed by atoms with Gasteiger partial charge in [-0.3, -0.25) is 0 Å². The molecule has 1 atom stereocenters. The van der Waals surface area contributed by atoms with Gasteiger partial charge in [0.25, 0.3) is 0 Å². The lowest BCUT2D eigenvalue weighted by Gasteiger charge is -2.14. The van der Waals surface area contributed by atoms with E-state index in [9.17, 15) is 0 Å². The van der Waals surface area contributed by atoms with Gasteiger partial charge in [-0.2, -0.15) is 0 Å². The van der Waals surface area contributed by atoms with E-state index in [0.29, 0.717) is 5.92 Å². The Labute approximate surface area is 107 Å². The van der Waals surface area contributed by atoms with Crippen molar-refractivity contribution in [1.82, 2.24) is 0 Å². The molecule has 88 valence electrons. The smallest absolute Gasteiger partial charge is 0.0406 e. The van der Waals surface area contributed by atoms with Crippen molar-refractivity contribution in [3.63, 3.8) is 0 Å². The fourth-order valence-electron chi connectivity index (χ4n) is 1.74. The van der Waals surface area contributed by atoms with E-state index in [4.69, 9.17) is 11.6 Å². The van der Waals surface area contributed by atoms with Gasteiger partial charge in [0.1, 0.15) is 0 Å². The summed E-state index contributed by atoms with van der Waals surface area (Å²) in [5.41, 5.74) is 2.46. The molecule has 0 radical (unpaired) electrons. The molecule has 2 heteroatoms. The summed E-state index contributed by atoms with van der Waals surface area (Å²) in [6, 6.07) is 18.3. The number of hydrogen-bond acceptors (Lipinski definition) is 1. The normalized spacial score (nSPS) is 12.1. The summed E-state index contributed by atoms with van der Waals surface area (Å²) in [5, 5.41) is 4.21. The highest BCUT2D eigenvalue weighted by Gasteiger charge is 2.04. The maximum atomic E-state index is 5.87. The Bertz CT molecular complexity index is 450. The van der Waals surface area contributed by atoms with E-state index in [-0.39, 0.29) is 0 Å². The predicted molar refractivity (Wildman–Crippen MR) is 74.8 cm³/mol. The molecule has 0 fully saturated rings. The first-order chi connectivity index (χ1) is 8.25. The van der Waals surface area contributed by atoms with Gasteiger partial charge in [-0.1, -0.05) is 48.9 Å². The summed E-state index contributed by atoms with van der Waals surface area (Å²) in [6.45, 7) is 3.13. The third kappa shape index (κ3) is 3.50. The standard InChI is InChI=1S/C15H16ClN/c1-12(13-7-9-14(16)10-8-13)11-17-15-5-3-2-4-6-15/h2-10,12,17H,11H2,1H3. The molecule has 0 aliphatic rings. The second kappa shape index (κ2) is 5.74. The van der Waals surface area contributed by atoms with Crippen LogP contribution in [0.1, 0.15) is 18.4 Å². The van der Waals surface area contributed by atoms with Crippen LogP contribution in [0.25, 0.3) is 0 Å². The van der Waals surface area contributed by atoms with Gasteiger partial charge >= 0.3 is 0 Å². The summed E-state index contributed by atoms with van der Waals surface area (Å²) in [7, 11) is 0. The summed E-state index contributed by atoms with van der Waals surface area (Å²) in [6.07, 6.45) is 0. The molecule has 1 unspecified atom stereocenters. The van der Waals surface area contributed by atoms with Crippen LogP contribution < -0.4 is 5.32 Å². The van der Waals surface area contributed by atoms with Gasteiger partial charge in [-0.25, -0.2) is 0 Å². The molecule has 0 aliphatic carbocycles. The van der Waals surface area contributed by atoms with E-state index in [1.54, 1.807) is 0 Å². The monoisotopic (exact) mass is 245 g/mol. The number of nitrogens with one attached hydrogen (secondary N) is 1. The van der Waals surface area contributed by atoms with Crippen molar-refractivity contribution in [3.05, 3.63) is 65.2 Å². The Balaban J connectivity index is 1.93. The van der Waals surface area contributed by atoms with Crippen LogP contribution in [-0.4, -0.2) is 6.54 Å². The third-order valence-corrected chi connectivity index (χ3v) is 3.08. The van der Waals surface area contributed by atoms with Gasteiger partial charge < -0.3 is 5.32 Å². The van der Waals surface area contributed by atoms with Crippen LogP contribution in [0.2, 0.25) is 5.02 Å². The van der Waals surface area contributed by atoms with E-state index < -0.39 is 0 Å². The van der Waals surface area contributed by atoms with Gasteiger partial charge in [-0.15, -0.1) is 0 Å². The highest BCUT2D eigenvalue weighted by Crippen LogP contribution is 2.18. The Hall–Kier alpha value is -1.47. The van der Waals surface area contributed by atoms with Crippen LogP contribution in [0.3, 0.4) is 0 Å². The molecule has 0 bridgehead atoms. The average Bonchev–Trinajstić information content (AvgIpc) is 2.38. The zero-order chi connectivity index (χ0) is 12.1. The highest BCUT2D eigenvalue weighted by atomic mass is 35.5. The van der Waals surface area contributed by atoms with E-state index in [1.165, 1.54) is 5.56 Å². The molecule has 2 aromatic rings. The van der Waals surface area contributed by atoms with Gasteiger partial charge in [0, 0.05) is 17.3 Å². The van der Waals surface area contributed by atoms with Crippen molar-refractivity contribution in [2.24, 2.45) is 0 Å². The zero-order valence-corrected chi connectivity index (χ0v) is 10.6. The van der Waals surface area contributed by atoms with Crippen molar-refractivity contribution < 1.29 is 0 Å². The van der Waals surface area contributed by atoms with Gasteiger partial charge in [0.15, 0.2) is 0 Å². The van der Waals surface area contributed by atoms with E-state index in [1.807, 2.05) is 30.3 Å². The van der Waals surface area contributed by atoms with Crippen molar-refractivity contribution in [1.29, 1.82) is 0 Å². The quantitative estimate of drug-likeness (QED) is 0.833. The lowest BCUT2D eigenvalue weighted by atomic mass is 10.0. The molecule has 0 aromatic heterocycles. The molecule has 0 aliphatic heterocycles. The van der Waals surface area contributed by atoms with Crippen LogP contribution in [-0.2, 0) is 0 Å². The third-order valence-electron chi connectivity index (χ3n) is 2.83. The van der Waals surface area contributed by atoms with Crippen LogP contribution in [0, 0.1) is 0 Å². The second-order valence-corrected chi connectivity index (χ2v) is 4.64. The summed E-state index contributed by atoms with van der Waals surface area (Å²) in [4.78, 5) is 0. The number of rotatable bonds is 4. The second-order valence-electron chi connectivity index (χ2n) is 4.20. The number of anilines is 1. The van der Waals surface area contributed by atoms with Crippen molar-refractivity contribution >= 4 is 17.3 Å². The molecule has 17 heavy (non-hydrogen) atoms. The molecular formula is C15H16ClN. The van der Waals surface area contributed by atoms with Crippen molar-refractivity contribution in [2.45, 2.75) is 12.8 Å². The van der Waals surface area contributed by atoms with Crippen molar-refractivity contribution in [2.75, 3.05) is 11.9 Å².